The van der Waals surface area contributed by atoms with Crippen molar-refractivity contribution in [1.29, 1.82) is 0 Å². The van der Waals surface area contributed by atoms with Gasteiger partial charge in [-0.15, -0.1) is 0 Å². The number of benzene rings is 2. The van der Waals surface area contributed by atoms with Crippen LogP contribution < -0.4 is 0 Å². The molecule has 0 radical (unpaired) electrons. The Labute approximate surface area is 242 Å². The highest BCUT2D eigenvalue weighted by atomic mass is 16.5. The molecule has 6 rings (SSSR count). The molecule has 8 heteroatoms. The lowest BCUT2D eigenvalue weighted by Crippen LogP contribution is -2.42. The number of ether oxygens (including phenoxy) is 1. The normalized spacial score (nSPS) is 16.2. The molecule has 0 aliphatic carbocycles. The second-order valence-electron chi connectivity index (χ2n) is 11.4. The molecular weight excluding hydrogens is 512 g/mol. The summed E-state index contributed by atoms with van der Waals surface area (Å²) in [6.07, 6.45) is 5.85. The van der Waals surface area contributed by atoms with Gasteiger partial charge in [-0.1, -0.05) is 19.1 Å². The summed E-state index contributed by atoms with van der Waals surface area (Å²) < 4.78 is 5.51. The Balaban J connectivity index is 1.23. The Kier molecular flexibility index (Phi) is 8.14. The number of aromatic nitrogens is 3. The highest BCUT2D eigenvalue weighted by Crippen LogP contribution is 2.32. The first-order valence-corrected chi connectivity index (χ1v) is 14.9. The van der Waals surface area contributed by atoms with E-state index < -0.39 is 0 Å². The number of carbonyl (C=O) groups excluding carboxylic acids is 1. The van der Waals surface area contributed by atoms with Crippen LogP contribution in [0.15, 0.2) is 48.8 Å². The summed E-state index contributed by atoms with van der Waals surface area (Å²) in [5, 5.41) is 0. The molecule has 2 aromatic heterocycles. The van der Waals surface area contributed by atoms with Crippen molar-refractivity contribution in [3.8, 4) is 22.4 Å². The number of aromatic amines is 1. The zero-order valence-electron chi connectivity index (χ0n) is 24.4. The predicted octanol–water partition coefficient (Wildman–Crippen LogP) is 4.77. The number of fused-ring (bicyclic) bond motifs is 2. The summed E-state index contributed by atoms with van der Waals surface area (Å²) in [5.41, 5.74) is 10.5. The number of H-pyrrole nitrogens is 1. The Bertz CT molecular complexity index is 1520. The maximum Gasteiger partial charge on any atom is 0.253 e. The van der Waals surface area contributed by atoms with E-state index in [-0.39, 0.29) is 5.91 Å². The zero-order valence-corrected chi connectivity index (χ0v) is 24.4. The molecular formula is C33H40N6O2. The third-order valence-electron chi connectivity index (χ3n) is 8.50. The monoisotopic (exact) mass is 552 g/mol. The number of morpholine rings is 1. The van der Waals surface area contributed by atoms with Gasteiger partial charge in [-0.3, -0.25) is 14.6 Å². The van der Waals surface area contributed by atoms with Crippen LogP contribution in [-0.2, 0) is 17.7 Å². The molecule has 1 N–H and O–H groups in total. The van der Waals surface area contributed by atoms with E-state index in [4.69, 9.17) is 14.7 Å². The molecule has 2 aliphatic rings. The van der Waals surface area contributed by atoms with Gasteiger partial charge in [0.2, 0.25) is 0 Å². The number of amides is 1. The van der Waals surface area contributed by atoms with Crippen LogP contribution in [0.4, 0.5) is 0 Å². The summed E-state index contributed by atoms with van der Waals surface area (Å²) >= 11 is 0. The quantitative estimate of drug-likeness (QED) is 0.339. The van der Waals surface area contributed by atoms with Crippen molar-refractivity contribution in [2.45, 2.75) is 33.2 Å². The number of hydrogen-bond donors (Lipinski definition) is 1. The fourth-order valence-corrected chi connectivity index (χ4v) is 6.13. The highest BCUT2D eigenvalue weighted by molar-refractivity contribution is 5.96. The van der Waals surface area contributed by atoms with Gasteiger partial charge in [-0.25, -0.2) is 9.97 Å². The molecule has 1 saturated heterocycles. The minimum absolute atomic E-state index is 0.0434. The van der Waals surface area contributed by atoms with Crippen LogP contribution in [0.3, 0.4) is 0 Å². The summed E-state index contributed by atoms with van der Waals surface area (Å²) in [5.74, 6) is 0.0434. The van der Waals surface area contributed by atoms with Crippen LogP contribution in [0.1, 0.15) is 40.4 Å². The molecule has 0 atom stereocenters. The van der Waals surface area contributed by atoms with Crippen LogP contribution >= 0.6 is 0 Å². The van der Waals surface area contributed by atoms with Gasteiger partial charge in [0, 0.05) is 75.7 Å². The van der Waals surface area contributed by atoms with Crippen molar-refractivity contribution in [3.63, 3.8) is 0 Å². The fraction of sp³-hybridized carbons (Fsp3) is 0.424. The third-order valence-corrected chi connectivity index (χ3v) is 8.50. The third kappa shape index (κ3) is 5.91. The van der Waals surface area contributed by atoms with Gasteiger partial charge in [-0.2, -0.15) is 0 Å². The first-order valence-electron chi connectivity index (χ1n) is 14.9. The minimum atomic E-state index is 0.0434. The standard InChI is InChI=1S/C33H40N6O2/c1-4-10-37(3)33(40)25-7-5-24(6-8-25)29-20-34-32-31(29)36-30(21-35-32)26-18-23(2)28-9-11-39(22-27(28)19-26)13-12-38-14-16-41-17-15-38/h5-8,18-21H,4,9-17,22H2,1-3H3,(H,34,35). The van der Waals surface area contributed by atoms with Crippen LogP contribution in [-0.4, -0.2) is 95.1 Å². The van der Waals surface area contributed by atoms with Gasteiger partial charge >= 0.3 is 0 Å². The van der Waals surface area contributed by atoms with Crippen molar-refractivity contribution < 1.29 is 9.53 Å². The second-order valence-corrected chi connectivity index (χ2v) is 11.4. The average Bonchev–Trinajstić information content (AvgIpc) is 3.43. The molecule has 2 aromatic carbocycles. The molecule has 0 saturated carbocycles. The van der Waals surface area contributed by atoms with E-state index in [9.17, 15) is 4.79 Å². The maximum atomic E-state index is 12.7. The number of nitrogens with one attached hydrogen (secondary N) is 1. The van der Waals surface area contributed by atoms with Gasteiger partial charge in [0.1, 0.15) is 5.52 Å². The lowest BCUT2D eigenvalue weighted by molar-refractivity contribution is 0.0326. The summed E-state index contributed by atoms with van der Waals surface area (Å²) in [4.78, 5) is 32.6. The van der Waals surface area contributed by atoms with Crippen molar-refractivity contribution in [2.24, 2.45) is 0 Å². The Morgan fingerprint density at radius 2 is 1.83 bits per heavy atom. The highest BCUT2D eigenvalue weighted by Gasteiger charge is 2.21. The predicted molar refractivity (Wildman–Crippen MR) is 163 cm³/mol. The van der Waals surface area contributed by atoms with Gasteiger partial charge in [0.15, 0.2) is 5.65 Å². The molecule has 4 heterocycles. The average molecular weight is 553 g/mol. The van der Waals surface area contributed by atoms with E-state index in [2.05, 4.69) is 40.8 Å². The summed E-state index contributed by atoms with van der Waals surface area (Å²) in [7, 11) is 1.85. The van der Waals surface area contributed by atoms with Crippen molar-refractivity contribution in [2.75, 3.05) is 59.5 Å². The van der Waals surface area contributed by atoms with E-state index in [1.807, 2.05) is 43.7 Å². The molecule has 0 spiro atoms. The number of rotatable bonds is 8. The molecule has 4 aromatic rings. The fourth-order valence-electron chi connectivity index (χ4n) is 6.13. The van der Waals surface area contributed by atoms with Gasteiger partial charge < -0.3 is 14.6 Å². The molecule has 1 amide bonds. The molecule has 2 aliphatic heterocycles. The lowest BCUT2D eigenvalue weighted by atomic mass is 9.92. The van der Waals surface area contributed by atoms with Crippen LogP contribution in [0.2, 0.25) is 0 Å². The van der Waals surface area contributed by atoms with E-state index in [0.717, 1.165) is 105 Å². The lowest BCUT2D eigenvalue weighted by Gasteiger charge is -2.33. The molecule has 0 unspecified atom stereocenters. The molecule has 0 bridgehead atoms. The SMILES string of the molecule is CCCN(C)C(=O)c1ccc(-c2c[nH]c3ncc(-c4cc(C)c5c(c4)CN(CCN4CCOCC4)CC5)nc23)cc1. The van der Waals surface area contributed by atoms with E-state index in [1.54, 1.807) is 4.90 Å². The second kappa shape index (κ2) is 12.1. The topological polar surface area (TPSA) is 77.6 Å². The first kappa shape index (κ1) is 27.6. The smallest absolute Gasteiger partial charge is 0.253 e. The molecule has 1 fully saturated rings. The Hall–Kier alpha value is -3.59. The van der Waals surface area contributed by atoms with Crippen molar-refractivity contribution >= 4 is 17.1 Å². The Morgan fingerprint density at radius 1 is 1.05 bits per heavy atom. The van der Waals surface area contributed by atoms with Crippen molar-refractivity contribution in [3.05, 3.63) is 71.0 Å². The van der Waals surface area contributed by atoms with Crippen LogP contribution in [0.25, 0.3) is 33.5 Å². The van der Waals surface area contributed by atoms with E-state index in [0.29, 0.717) is 5.56 Å². The number of aryl methyl sites for hydroxylation is 1. The van der Waals surface area contributed by atoms with Crippen LogP contribution in [0.5, 0.6) is 0 Å². The minimum Gasteiger partial charge on any atom is -0.379 e. The zero-order chi connectivity index (χ0) is 28.3. The van der Waals surface area contributed by atoms with Crippen LogP contribution in [0, 0.1) is 6.92 Å². The molecule has 214 valence electrons. The largest absolute Gasteiger partial charge is 0.379 e. The summed E-state index contributed by atoms with van der Waals surface area (Å²) in [6.45, 7) is 13.1. The first-order chi connectivity index (χ1) is 20.0. The van der Waals surface area contributed by atoms with Gasteiger partial charge in [-0.05, 0) is 66.3 Å². The number of nitrogens with zero attached hydrogens (tertiary/aromatic N) is 5. The number of carbonyl (C=O) groups is 1. The van der Waals surface area contributed by atoms with E-state index in [1.165, 1.54) is 16.7 Å². The van der Waals surface area contributed by atoms with Gasteiger partial charge in [0.05, 0.1) is 25.1 Å². The maximum absolute atomic E-state index is 12.7. The van der Waals surface area contributed by atoms with Crippen molar-refractivity contribution in [1.82, 2.24) is 29.7 Å². The van der Waals surface area contributed by atoms with Gasteiger partial charge in [0.25, 0.3) is 5.91 Å². The Morgan fingerprint density at radius 3 is 2.61 bits per heavy atom. The summed E-state index contributed by atoms with van der Waals surface area (Å²) in [6, 6.07) is 12.4. The molecule has 41 heavy (non-hydrogen) atoms. The number of hydrogen-bond acceptors (Lipinski definition) is 6. The van der Waals surface area contributed by atoms with E-state index >= 15 is 0 Å². The molecule has 8 nitrogen and oxygen atoms in total.